The predicted molar refractivity (Wildman–Crippen MR) is 107 cm³/mol. The van der Waals surface area contributed by atoms with Gasteiger partial charge < -0.3 is 9.64 Å². The van der Waals surface area contributed by atoms with E-state index in [4.69, 9.17) is 26.4 Å². The lowest BCUT2D eigenvalue weighted by Gasteiger charge is -2.15. The van der Waals surface area contributed by atoms with Gasteiger partial charge in [0, 0.05) is 35.9 Å². The number of benzene rings is 1. The van der Waals surface area contributed by atoms with Crippen molar-refractivity contribution in [3.8, 4) is 17.0 Å². The molecule has 0 radical (unpaired) electrons. The molecule has 1 aliphatic rings. The first kappa shape index (κ1) is 16.5. The van der Waals surface area contributed by atoms with E-state index in [-0.39, 0.29) is 6.10 Å². The van der Waals surface area contributed by atoms with E-state index >= 15 is 0 Å². The van der Waals surface area contributed by atoms with Crippen LogP contribution in [0.3, 0.4) is 0 Å². The minimum atomic E-state index is 0.160. The monoisotopic (exact) mass is 397 g/mol. The molecule has 4 heterocycles. The average Bonchev–Trinajstić information content (AvgIpc) is 3.37. The maximum absolute atomic E-state index is 6.03. The minimum Gasteiger partial charge on any atom is -0.488 e. The number of anilines is 1. The molecule has 0 saturated carbocycles. The van der Waals surface area contributed by atoms with Gasteiger partial charge in [0.15, 0.2) is 0 Å². The molecule has 8 heteroatoms. The van der Waals surface area contributed by atoms with E-state index in [2.05, 4.69) is 9.88 Å². The van der Waals surface area contributed by atoms with Crippen LogP contribution in [0.15, 0.2) is 55.0 Å². The molecule has 1 aliphatic heterocycles. The number of fused-ring (bicyclic) bond motifs is 1. The van der Waals surface area contributed by atoms with E-state index in [1.807, 2.05) is 47.1 Å². The molecule has 3 aromatic heterocycles. The minimum absolute atomic E-state index is 0.160. The molecule has 1 aromatic carbocycles. The first-order chi connectivity index (χ1) is 13.2. The zero-order chi connectivity index (χ0) is 18.2. The van der Waals surface area contributed by atoms with E-state index in [1.54, 1.807) is 23.7 Å². The smallest absolute Gasteiger partial charge is 0.214 e. The van der Waals surface area contributed by atoms with Crippen LogP contribution in [0.1, 0.15) is 6.42 Å². The zero-order valence-electron chi connectivity index (χ0n) is 14.3. The number of aromatic nitrogens is 4. The van der Waals surface area contributed by atoms with Crippen LogP contribution in [-0.2, 0) is 0 Å². The van der Waals surface area contributed by atoms with Crippen LogP contribution in [0.25, 0.3) is 16.2 Å². The second-order valence-electron chi connectivity index (χ2n) is 6.40. The van der Waals surface area contributed by atoms with Crippen molar-refractivity contribution < 1.29 is 4.74 Å². The van der Waals surface area contributed by atoms with Crippen LogP contribution >= 0.6 is 22.9 Å². The van der Waals surface area contributed by atoms with Gasteiger partial charge in [0.05, 0.1) is 18.4 Å². The average molecular weight is 398 g/mol. The molecule has 1 atom stereocenters. The normalized spacial score (nSPS) is 16.9. The molecule has 5 rings (SSSR count). The van der Waals surface area contributed by atoms with Crippen LogP contribution in [0.5, 0.6) is 5.75 Å². The van der Waals surface area contributed by atoms with Crippen molar-refractivity contribution in [2.45, 2.75) is 12.5 Å². The number of pyridine rings is 1. The summed E-state index contributed by atoms with van der Waals surface area (Å²) in [5.74, 6) is 0.860. The van der Waals surface area contributed by atoms with Crippen LogP contribution in [0.2, 0.25) is 5.02 Å². The Kier molecular flexibility index (Phi) is 4.18. The Morgan fingerprint density at radius 1 is 1.11 bits per heavy atom. The summed E-state index contributed by atoms with van der Waals surface area (Å²) in [7, 11) is 0. The molecule has 27 heavy (non-hydrogen) atoms. The highest BCUT2D eigenvalue weighted by molar-refractivity contribution is 7.20. The van der Waals surface area contributed by atoms with E-state index in [0.717, 1.165) is 51.6 Å². The highest BCUT2D eigenvalue weighted by Gasteiger charge is 2.27. The van der Waals surface area contributed by atoms with Gasteiger partial charge in [-0.15, -0.1) is 5.10 Å². The molecule has 4 aromatic rings. The second-order valence-corrected chi connectivity index (χ2v) is 7.77. The molecule has 0 spiro atoms. The van der Waals surface area contributed by atoms with Gasteiger partial charge in [0.1, 0.15) is 11.9 Å². The van der Waals surface area contributed by atoms with Crippen molar-refractivity contribution in [1.82, 2.24) is 19.6 Å². The van der Waals surface area contributed by atoms with Crippen molar-refractivity contribution in [2.24, 2.45) is 0 Å². The Labute approximate surface area is 165 Å². The fourth-order valence-electron chi connectivity index (χ4n) is 3.18. The van der Waals surface area contributed by atoms with Gasteiger partial charge in [-0.1, -0.05) is 35.1 Å². The molecular weight excluding hydrogens is 382 g/mol. The first-order valence-corrected chi connectivity index (χ1v) is 9.88. The van der Waals surface area contributed by atoms with Crippen LogP contribution < -0.4 is 9.64 Å². The summed E-state index contributed by atoms with van der Waals surface area (Å²) in [6.45, 7) is 1.75. The largest absolute Gasteiger partial charge is 0.488 e. The lowest BCUT2D eigenvalue weighted by molar-refractivity contribution is 0.224. The Balaban J connectivity index is 1.31. The Bertz CT molecular complexity index is 1030. The molecular formula is C19H16ClN5OS. The van der Waals surface area contributed by atoms with Crippen molar-refractivity contribution in [2.75, 3.05) is 18.0 Å². The van der Waals surface area contributed by atoms with Gasteiger partial charge in [-0.2, -0.15) is 0 Å². The van der Waals surface area contributed by atoms with Gasteiger partial charge in [0.25, 0.3) is 0 Å². The molecule has 1 unspecified atom stereocenters. The van der Waals surface area contributed by atoms with E-state index in [9.17, 15) is 0 Å². The number of rotatable bonds is 4. The summed E-state index contributed by atoms with van der Waals surface area (Å²) in [4.78, 5) is 11.9. The Morgan fingerprint density at radius 2 is 1.93 bits per heavy atom. The summed E-state index contributed by atoms with van der Waals surface area (Å²) in [5.41, 5.74) is 1.93. The quantitative estimate of drug-likeness (QED) is 0.517. The molecule has 6 nitrogen and oxygen atoms in total. The first-order valence-electron chi connectivity index (χ1n) is 8.68. The maximum Gasteiger partial charge on any atom is 0.214 e. The standard InChI is InChI=1S/C19H16ClN5OS/c20-14-3-1-13(2-4-14)17-12-25-18(22-17)27-19(23-25)24-10-7-16(11-24)26-15-5-8-21-9-6-15/h1-6,8-9,12,16H,7,10-11H2. The van der Waals surface area contributed by atoms with Gasteiger partial charge in [-0.05, 0) is 24.3 Å². The number of hydrogen-bond acceptors (Lipinski definition) is 6. The van der Waals surface area contributed by atoms with Crippen molar-refractivity contribution in [1.29, 1.82) is 0 Å². The maximum atomic E-state index is 6.03. The van der Waals surface area contributed by atoms with Crippen molar-refractivity contribution in [3.63, 3.8) is 0 Å². The summed E-state index contributed by atoms with van der Waals surface area (Å²) >= 11 is 7.55. The van der Waals surface area contributed by atoms with Crippen molar-refractivity contribution in [3.05, 3.63) is 60.0 Å². The second kappa shape index (κ2) is 6.83. The molecule has 0 amide bonds. The number of ether oxygens (including phenoxy) is 1. The van der Waals surface area contributed by atoms with Crippen LogP contribution in [-0.4, -0.2) is 38.8 Å². The fraction of sp³-hybridized carbons (Fsp3) is 0.211. The van der Waals surface area contributed by atoms with Crippen LogP contribution in [0.4, 0.5) is 5.13 Å². The summed E-state index contributed by atoms with van der Waals surface area (Å²) in [6, 6.07) is 11.5. The third-order valence-electron chi connectivity index (χ3n) is 4.54. The topological polar surface area (TPSA) is 55.5 Å². The summed E-state index contributed by atoms with van der Waals surface area (Å²) in [6.07, 6.45) is 6.58. The van der Waals surface area contributed by atoms with Crippen molar-refractivity contribution >= 4 is 33.0 Å². The third kappa shape index (κ3) is 3.36. The van der Waals surface area contributed by atoms with Gasteiger partial charge in [-0.25, -0.2) is 9.50 Å². The lowest BCUT2D eigenvalue weighted by atomic mass is 10.2. The lowest BCUT2D eigenvalue weighted by Crippen LogP contribution is -2.24. The molecule has 0 bridgehead atoms. The molecule has 1 saturated heterocycles. The molecule has 0 N–H and O–H groups in total. The number of imidazole rings is 1. The third-order valence-corrected chi connectivity index (χ3v) is 5.78. The molecule has 136 valence electrons. The fourth-order valence-corrected chi connectivity index (χ4v) is 4.23. The number of halogens is 1. The van der Waals surface area contributed by atoms with Gasteiger partial charge >= 0.3 is 0 Å². The highest BCUT2D eigenvalue weighted by atomic mass is 35.5. The Morgan fingerprint density at radius 3 is 2.70 bits per heavy atom. The summed E-state index contributed by atoms with van der Waals surface area (Å²) < 4.78 is 7.88. The SMILES string of the molecule is Clc1ccc(-c2cn3nc(N4CCC(Oc5ccncc5)C4)sc3n2)cc1. The number of hydrogen-bond donors (Lipinski definition) is 0. The zero-order valence-corrected chi connectivity index (χ0v) is 15.9. The van der Waals surface area contributed by atoms with Gasteiger partial charge in [0.2, 0.25) is 10.1 Å². The number of nitrogens with zero attached hydrogens (tertiary/aromatic N) is 5. The van der Waals surface area contributed by atoms with Crippen LogP contribution in [0, 0.1) is 0 Å². The van der Waals surface area contributed by atoms with E-state index < -0.39 is 0 Å². The molecule has 1 fully saturated rings. The summed E-state index contributed by atoms with van der Waals surface area (Å²) in [5, 5.41) is 6.40. The predicted octanol–water partition coefficient (Wildman–Crippen LogP) is 4.16. The highest BCUT2D eigenvalue weighted by Crippen LogP contribution is 2.30. The van der Waals surface area contributed by atoms with E-state index in [0.29, 0.717) is 0 Å². The van der Waals surface area contributed by atoms with Gasteiger partial charge in [-0.3, -0.25) is 4.98 Å². The van der Waals surface area contributed by atoms with E-state index in [1.165, 1.54) is 0 Å². The molecule has 0 aliphatic carbocycles. The Hall–Kier alpha value is -2.64.